The van der Waals surface area contributed by atoms with Crippen LogP contribution in [0.2, 0.25) is 0 Å². The lowest BCUT2D eigenvalue weighted by molar-refractivity contribution is 0.0999. The smallest absolute Gasteiger partial charge is 0.249 e. The van der Waals surface area contributed by atoms with E-state index in [-0.39, 0.29) is 0 Å². The first-order valence-electron chi connectivity index (χ1n) is 8.04. The molecule has 0 saturated heterocycles. The van der Waals surface area contributed by atoms with Gasteiger partial charge in [0.25, 0.3) is 0 Å². The molecular weight excluding hydrogens is 314 g/mol. The molecule has 6 nitrogen and oxygen atoms in total. The summed E-state index contributed by atoms with van der Waals surface area (Å²) in [5, 5.41) is 12.6. The molecule has 3 aromatic rings. The number of nitrogens with zero attached hydrogens (tertiary/aromatic N) is 4. The van der Waals surface area contributed by atoms with Gasteiger partial charge in [0.1, 0.15) is 0 Å². The summed E-state index contributed by atoms with van der Waals surface area (Å²) in [6.45, 7) is 2.49. The molecule has 25 heavy (non-hydrogen) atoms. The minimum absolute atomic E-state index is 0.464. The van der Waals surface area contributed by atoms with Gasteiger partial charge in [-0.25, -0.2) is 0 Å². The SMILES string of the molecule is CC=CCn1nnc(-c2cccc(C(N)=O)c2Cc2ccccc2)n1. The number of amides is 1. The van der Waals surface area contributed by atoms with Crippen molar-refractivity contribution < 1.29 is 4.79 Å². The van der Waals surface area contributed by atoms with Gasteiger partial charge in [-0.3, -0.25) is 4.79 Å². The number of carbonyl (C=O) groups excluding carboxylic acids is 1. The normalized spacial score (nSPS) is 11.1. The monoisotopic (exact) mass is 333 g/mol. The van der Waals surface area contributed by atoms with Crippen LogP contribution in [0.3, 0.4) is 0 Å². The summed E-state index contributed by atoms with van der Waals surface area (Å²) in [5.41, 5.74) is 8.72. The summed E-state index contributed by atoms with van der Waals surface area (Å²) < 4.78 is 0. The predicted molar refractivity (Wildman–Crippen MR) is 95.8 cm³/mol. The second-order valence-corrected chi connectivity index (χ2v) is 5.60. The van der Waals surface area contributed by atoms with Gasteiger partial charge in [-0.05, 0) is 35.8 Å². The third-order valence-electron chi connectivity index (χ3n) is 3.86. The van der Waals surface area contributed by atoms with Gasteiger partial charge in [0, 0.05) is 11.1 Å². The van der Waals surface area contributed by atoms with E-state index in [4.69, 9.17) is 5.73 Å². The van der Waals surface area contributed by atoms with E-state index in [2.05, 4.69) is 15.4 Å². The molecule has 0 fully saturated rings. The van der Waals surface area contributed by atoms with E-state index in [9.17, 15) is 4.79 Å². The van der Waals surface area contributed by atoms with Crippen LogP contribution in [-0.4, -0.2) is 26.1 Å². The molecule has 0 aliphatic carbocycles. The van der Waals surface area contributed by atoms with Crippen LogP contribution in [0.1, 0.15) is 28.4 Å². The van der Waals surface area contributed by atoms with E-state index < -0.39 is 5.91 Å². The van der Waals surface area contributed by atoms with E-state index in [0.717, 1.165) is 16.7 Å². The van der Waals surface area contributed by atoms with Gasteiger partial charge in [-0.2, -0.15) is 4.80 Å². The Hall–Kier alpha value is -3.28. The molecule has 6 heteroatoms. The van der Waals surface area contributed by atoms with Crippen LogP contribution in [0.5, 0.6) is 0 Å². The Bertz CT molecular complexity index is 899. The summed E-state index contributed by atoms with van der Waals surface area (Å²) in [7, 11) is 0. The molecule has 0 saturated carbocycles. The first kappa shape index (κ1) is 16.6. The highest BCUT2D eigenvalue weighted by atomic mass is 16.1. The molecule has 1 amide bonds. The second kappa shape index (κ2) is 7.53. The number of nitrogens with two attached hydrogens (primary N) is 1. The van der Waals surface area contributed by atoms with Crippen molar-refractivity contribution >= 4 is 5.91 Å². The van der Waals surface area contributed by atoms with E-state index in [0.29, 0.717) is 24.4 Å². The molecule has 126 valence electrons. The Morgan fingerprint density at radius 3 is 2.68 bits per heavy atom. The van der Waals surface area contributed by atoms with Crippen LogP contribution in [-0.2, 0) is 13.0 Å². The van der Waals surface area contributed by atoms with Crippen LogP contribution in [0.4, 0.5) is 0 Å². The summed E-state index contributed by atoms with van der Waals surface area (Å²) in [5.74, 6) is 0.0209. The van der Waals surface area contributed by atoms with Crippen molar-refractivity contribution in [3.05, 3.63) is 77.4 Å². The van der Waals surface area contributed by atoms with Crippen molar-refractivity contribution in [2.45, 2.75) is 19.9 Å². The fourth-order valence-electron chi connectivity index (χ4n) is 2.65. The molecule has 0 unspecified atom stereocenters. The van der Waals surface area contributed by atoms with Gasteiger partial charge in [-0.15, -0.1) is 10.2 Å². The molecule has 0 aliphatic rings. The molecule has 1 aromatic heterocycles. The maximum atomic E-state index is 11.9. The lowest BCUT2D eigenvalue weighted by atomic mass is 9.94. The number of tetrazole rings is 1. The van der Waals surface area contributed by atoms with Crippen LogP contribution >= 0.6 is 0 Å². The first-order chi connectivity index (χ1) is 12.2. The highest BCUT2D eigenvalue weighted by Gasteiger charge is 2.17. The van der Waals surface area contributed by atoms with Gasteiger partial charge in [0.15, 0.2) is 0 Å². The maximum absolute atomic E-state index is 11.9. The predicted octanol–water partition coefficient (Wildman–Crippen LogP) is 2.61. The first-order valence-corrected chi connectivity index (χ1v) is 8.04. The number of aromatic nitrogens is 4. The van der Waals surface area contributed by atoms with Crippen LogP contribution in [0.15, 0.2) is 60.7 Å². The quantitative estimate of drug-likeness (QED) is 0.703. The highest BCUT2D eigenvalue weighted by molar-refractivity contribution is 5.96. The molecule has 0 radical (unpaired) electrons. The third kappa shape index (κ3) is 3.80. The topological polar surface area (TPSA) is 86.7 Å². The van der Waals surface area contributed by atoms with Crippen molar-refractivity contribution in [2.24, 2.45) is 5.73 Å². The second-order valence-electron chi connectivity index (χ2n) is 5.60. The van der Waals surface area contributed by atoms with Crippen molar-refractivity contribution in [3.63, 3.8) is 0 Å². The minimum atomic E-state index is -0.464. The summed E-state index contributed by atoms with van der Waals surface area (Å²) in [6.07, 6.45) is 4.44. The number of rotatable bonds is 6. The standard InChI is InChI=1S/C19H19N5O/c1-2-3-12-24-22-19(21-23-24)16-11-7-10-15(18(20)25)17(16)13-14-8-5-4-6-9-14/h2-11H,12-13H2,1H3,(H2,20,25). The number of hydrogen-bond donors (Lipinski definition) is 1. The molecule has 2 N–H and O–H groups in total. The molecule has 1 heterocycles. The Morgan fingerprint density at radius 1 is 1.16 bits per heavy atom. The maximum Gasteiger partial charge on any atom is 0.249 e. The van der Waals surface area contributed by atoms with Crippen LogP contribution in [0, 0.1) is 0 Å². The zero-order chi connectivity index (χ0) is 17.6. The molecular formula is C19H19N5O. The number of primary amides is 1. The van der Waals surface area contributed by atoms with Crippen molar-refractivity contribution in [2.75, 3.05) is 0 Å². The number of allylic oxidation sites excluding steroid dienone is 2. The highest BCUT2D eigenvalue weighted by Crippen LogP contribution is 2.26. The molecule has 0 aliphatic heterocycles. The summed E-state index contributed by atoms with van der Waals surface area (Å²) >= 11 is 0. The largest absolute Gasteiger partial charge is 0.366 e. The third-order valence-corrected chi connectivity index (χ3v) is 3.86. The van der Waals surface area contributed by atoms with Gasteiger partial charge in [0.2, 0.25) is 11.7 Å². The van der Waals surface area contributed by atoms with Gasteiger partial charge in [-0.1, -0.05) is 54.6 Å². The molecule has 2 aromatic carbocycles. The zero-order valence-electron chi connectivity index (χ0n) is 14.0. The van der Waals surface area contributed by atoms with Crippen molar-refractivity contribution in [3.8, 4) is 11.4 Å². The van der Waals surface area contributed by atoms with Gasteiger partial charge < -0.3 is 5.73 Å². The minimum Gasteiger partial charge on any atom is -0.366 e. The van der Waals surface area contributed by atoms with E-state index in [1.807, 2.05) is 55.5 Å². The Labute approximate surface area is 146 Å². The molecule has 3 rings (SSSR count). The van der Waals surface area contributed by atoms with Gasteiger partial charge >= 0.3 is 0 Å². The van der Waals surface area contributed by atoms with Crippen LogP contribution < -0.4 is 5.73 Å². The molecule has 0 atom stereocenters. The van der Waals surface area contributed by atoms with E-state index >= 15 is 0 Å². The van der Waals surface area contributed by atoms with Crippen molar-refractivity contribution in [1.82, 2.24) is 20.2 Å². The summed E-state index contributed by atoms with van der Waals surface area (Å²) in [4.78, 5) is 13.4. The lowest BCUT2D eigenvalue weighted by Crippen LogP contribution is -2.15. The Morgan fingerprint density at radius 2 is 1.96 bits per heavy atom. The van der Waals surface area contributed by atoms with Crippen LogP contribution in [0.25, 0.3) is 11.4 Å². The van der Waals surface area contributed by atoms with E-state index in [1.165, 1.54) is 4.80 Å². The average molecular weight is 333 g/mol. The number of benzene rings is 2. The van der Waals surface area contributed by atoms with E-state index in [1.54, 1.807) is 12.1 Å². The molecule has 0 bridgehead atoms. The molecule has 0 spiro atoms. The zero-order valence-corrected chi connectivity index (χ0v) is 14.0. The fraction of sp³-hybridized carbons (Fsp3) is 0.158. The van der Waals surface area contributed by atoms with Crippen molar-refractivity contribution in [1.29, 1.82) is 0 Å². The average Bonchev–Trinajstić information content (AvgIpc) is 3.09. The number of carbonyl (C=O) groups is 1. The fourth-order valence-corrected chi connectivity index (χ4v) is 2.65. The Balaban J connectivity index is 2.05. The summed E-state index contributed by atoms with van der Waals surface area (Å²) in [6, 6.07) is 15.3. The lowest BCUT2D eigenvalue weighted by Gasteiger charge is -2.11. The Kier molecular flexibility index (Phi) is 4.99. The van der Waals surface area contributed by atoms with Gasteiger partial charge in [0.05, 0.1) is 6.54 Å². The number of hydrogen-bond acceptors (Lipinski definition) is 4.